The fourth-order valence-corrected chi connectivity index (χ4v) is 5.48. The van der Waals surface area contributed by atoms with Gasteiger partial charge in [0.1, 0.15) is 0 Å². The predicted octanol–water partition coefficient (Wildman–Crippen LogP) is 2.60. The quantitative estimate of drug-likeness (QED) is 0.296. The van der Waals surface area contributed by atoms with Crippen molar-refractivity contribution in [3.05, 3.63) is 75.1 Å². The minimum Gasteiger partial charge on any atom is -0.341 e. The Hall–Kier alpha value is -4.42. The van der Waals surface area contributed by atoms with E-state index in [1.165, 1.54) is 9.13 Å². The lowest BCUT2D eigenvalue weighted by Crippen LogP contribution is -2.44. The molecule has 9 nitrogen and oxygen atoms in total. The van der Waals surface area contributed by atoms with Crippen LogP contribution in [0.5, 0.6) is 0 Å². The second kappa shape index (κ2) is 9.47. The van der Waals surface area contributed by atoms with Crippen molar-refractivity contribution in [2.75, 3.05) is 18.0 Å². The third-order valence-corrected chi connectivity index (χ3v) is 7.36. The number of benzene rings is 2. The second-order valence-electron chi connectivity index (χ2n) is 9.80. The van der Waals surface area contributed by atoms with Crippen LogP contribution in [0, 0.1) is 11.8 Å². The van der Waals surface area contributed by atoms with Gasteiger partial charge in [0.2, 0.25) is 5.95 Å². The molecule has 2 N–H and O–H groups in total. The predicted molar refractivity (Wildman–Crippen MR) is 150 cm³/mol. The molecule has 4 heterocycles. The lowest BCUT2D eigenvalue weighted by molar-refractivity contribution is 0.496. The number of aromatic nitrogens is 5. The van der Waals surface area contributed by atoms with Crippen LogP contribution in [0.25, 0.3) is 32.8 Å². The standard InChI is InChI=1S/C29H29N7O2/c1-3-4-16-35-25-26(32-28(35)34-15-9-10-19(30)17-34)33(2)29(38)36(27(25)37)18-24-22-13-6-5-11-20(22)21-12-7-8-14-23(21)31-24/h5-8,11-14,19H,9-10,15-18,30H2,1-2H3/t19-/m0/s1. The van der Waals surface area contributed by atoms with E-state index in [0.717, 1.165) is 41.1 Å². The largest absolute Gasteiger partial charge is 0.341 e. The molecule has 2 aromatic carbocycles. The van der Waals surface area contributed by atoms with Crippen LogP contribution in [-0.2, 0) is 20.1 Å². The molecule has 0 bridgehead atoms. The summed E-state index contributed by atoms with van der Waals surface area (Å²) in [7, 11) is 1.65. The van der Waals surface area contributed by atoms with Crippen molar-refractivity contribution in [2.24, 2.45) is 12.8 Å². The zero-order chi connectivity index (χ0) is 26.4. The molecule has 0 radical (unpaired) electrons. The minimum absolute atomic E-state index is 0.0296. The van der Waals surface area contributed by atoms with Crippen molar-refractivity contribution in [1.82, 2.24) is 23.7 Å². The molecule has 38 heavy (non-hydrogen) atoms. The zero-order valence-electron chi connectivity index (χ0n) is 21.5. The maximum atomic E-state index is 14.0. The lowest BCUT2D eigenvalue weighted by Gasteiger charge is -2.31. The van der Waals surface area contributed by atoms with Gasteiger partial charge in [-0.1, -0.05) is 48.4 Å². The number of pyridine rings is 1. The molecular formula is C29H29N7O2. The first kappa shape index (κ1) is 23.9. The van der Waals surface area contributed by atoms with Gasteiger partial charge >= 0.3 is 5.69 Å². The first-order chi connectivity index (χ1) is 18.5. The number of rotatable bonds is 4. The molecule has 0 unspecified atom stereocenters. The van der Waals surface area contributed by atoms with Gasteiger partial charge in [0.15, 0.2) is 11.2 Å². The Kier molecular flexibility index (Phi) is 5.97. The average molecular weight is 508 g/mol. The van der Waals surface area contributed by atoms with Crippen molar-refractivity contribution >= 4 is 38.8 Å². The van der Waals surface area contributed by atoms with Gasteiger partial charge in [-0.3, -0.25) is 23.5 Å². The van der Waals surface area contributed by atoms with Crippen molar-refractivity contribution in [3.8, 4) is 11.8 Å². The van der Waals surface area contributed by atoms with Gasteiger partial charge < -0.3 is 10.6 Å². The molecule has 0 saturated carbocycles. The van der Waals surface area contributed by atoms with Crippen molar-refractivity contribution < 1.29 is 0 Å². The van der Waals surface area contributed by atoms with Crippen LogP contribution in [0.3, 0.4) is 0 Å². The molecule has 0 amide bonds. The van der Waals surface area contributed by atoms with E-state index >= 15 is 0 Å². The van der Waals surface area contributed by atoms with Crippen LogP contribution in [0.1, 0.15) is 25.5 Å². The van der Waals surface area contributed by atoms with Crippen molar-refractivity contribution in [3.63, 3.8) is 0 Å². The van der Waals surface area contributed by atoms with E-state index in [1.807, 2.05) is 53.1 Å². The molecular weight excluding hydrogens is 478 g/mol. The molecule has 0 aliphatic carbocycles. The third-order valence-electron chi connectivity index (χ3n) is 7.36. The highest BCUT2D eigenvalue weighted by molar-refractivity contribution is 6.06. The Morgan fingerprint density at radius 1 is 1.00 bits per heavy atom. The van der Waals surface area contributed by atoms with Crippen LogP contribution in [-0.4, -0.2) is 42.8 Å². The van der Waals surface area contributed by atoms with Crippen LogP contribution in [0.15, 0.2) is 58.1 Å². The molecule has 1 aliphatic rings. The summed E-state index contributed by atoms with van der Waals surface area (Å²) in [6, 6.07) is 15.9. The summed E-state index contributed by atoms with van der Waals surface area (Å²) in [5, 5.41) is 2.97. The molecule has 0 spiro atoms. The van der Waals surface area contributed by atoms with Crippen LogP contribution in [0.4, 0.5) is 5.95 Å². The molecule has 1 fully saturated rings. The summed E-state index contributed by atoms with van der Waals surface area (Å²) in [4.78, 5) is 39.3. The molecule has 3 aromatic heterocycles. The van der Waals surface area contributed by atoms with Crippen molar-refractivity contribution in [1.29, 1.82) is 0 Å². The Labute approximate surface area is 219 Å². The number of anilines is 1. The van der Waals surface area contributed by atoms with Gasteiger partial charge in [-0.25, -0.2) is 4.79 Å². The highest BCUT2D eigenvalue weighted by Gasteiger charge is 2.26. The monoisotopic (exact) mass is 507 g/mol. The molecule has 192 valence electrons. The van der Waals surface area contributed by atoms with Gasteiger partial charge in [-0.2, -0.15) is 4.98 Å². The van der Waals surface area contributed by atoms with Gasteiger partial charge in [0.25, 0.3) is 5.56 Å². The number of nitrogens with two attached hydrogens (primary N) is 1. The number of hydrogen-bond acceptors (Lipinski definition) is 6. The number of fused-ring (bicyclic) bond motifs is 4. The van der Waals surface area contributed by atoms with E-state index in [4.69, 9.17) is 15.7 Å². The first-order valence-electron chi connectivity index (χ1n) is 12.8. The van der Waals surface area contributed by atoms with Gasteiger partial charge in [0.05, 0.1) is 24.3 Å². The minimum atomic E-state index is -0.435. The molecule has 1 aliphatic heterocycles. The molecule has 5 aromatic rings. The van der Waals surface area contributed by atoms with E-state index in [2.05, 4.69) is 16.7 Å². The number of nitrogens with zero attached hydrogens (tertiary/aromatic N) is 6. The Morgan fingerprint density at radius 2 is 1.74 bits per heavy atom. The SMILES string of the molecule is CC#CCn1c(N2CCC[C@H](N)C2)nc2c1c(=O)n(Cc1nc3ccccc3c3ccccc13)c(=O)n2C. The van der Waals surface area contributed by atoms with Gasteiger partial charge in [-0.05, 0) is 31.2 Å². The van der Waals surface area contributed by atoms with Crippen LogP contribution < -0.4 is 21.9 Å². The Bertz CT molecular complexity index is 1890. The summed E-state index contributed by atoms with van der Waals surface area (Å²) in [5.41, 5.74) is 7.60. The van der Waals surface area contributed by atoms with E-state index in [0.29, 0.717) is 35.9 Å². The number of piperidine rings is 1. The first-order valence-corrected chi connectivity index (χ1v) is 12.8. The van der Waals surface area contributed by atoms with Gasteiger partial charge in [0, 0.05) is 37.0 Å². The Balaban J connectivity index is 1.58. The molecule has 1 saturated heterocycles. The van der Waals surface area contributed by atoms with Crippen LogP contribution >= 0.6 is 0 Å². The fourth-order valence-electron chi connectivity index (χ4n) is 5.48. The summed E-state index contributed by atoms with van der Waals surface area (Å²) in [6.07, 6.45) is 1.89. The zero-order valence-corrected chi connectivity index (χ0v) is 21.5. The van der Waals surface area contributed by atoms with Crippen LogP contribution in [0.2, 0.25) is 0 Å². The van der Waals surface area contributed by atoms with E-state index in [1.54, 1.807) is 14.0 Å². The van der Waals surface area contributed by atoms with Gasteiger partial charge in [-0.15, -0.1) is 5.92 Å². The normalized spacial score (nSPS) is 15.8. The average Bonchev–Trinajstić information content (AvgIpc) is 3.33. The maximum Gasteiger partial charge on any atom is 0.332 e. The third kappa shape index (κ3) is 3.85. The fraction of sp³-hybridized carbons (Fsp3) is 0.310. The van der Waals surface area contributed by atoms with E-state index in [9.17, 15) is 9.59 Å². The summed E-state index contributed by atoms with van der Waals surface area (Å²) in [5.74, 6) is 6.62. The highest BCUT2D eigenvalue weighted by Crippen LogP contribution is 2.27. The summed E-state index contributed by atoms with van der Waals surface area (Å²) < 4.78 is 4.53. The van der Waals surface area contributed by atoms with Crippen molar-refractivity contribution in [2.45, 2.75) is 38.9 Å². The molecule has 9 heteroatoms. The molecule has 6 rings (SSSR count). The number of imidazole rings is 1. The van der Waals surface area contributed by atoms with E-state index < -0.39 is 11.2 Å². The molecule has 1 atom stereocenters. The highest BCUT2D eigenvalue weighted by atomic mass is 16.2. The number of para-hydroxylation sites is 1. The second-order valence-corrected chi connectivity index (χ2v) is 9.80. The summed E-state index contributed by atoms with van der Waals surface area (Å²) >= 11 is 0. The number of aryl methyl sites for hydroxylation is 1. The smallest absolute Gasteiger partial charge is 0.332 e. The maximum absolute atomic E-state index is 14.0. The summed E-state index contributed by atoms with van der Waals surface area (Å²) in [6.45, 7) is 3.52. The topological polar surface area (TPSA) is 104 Å². The Morgan fingerprint density at radius 3 is 2.50 bits per heavy atom. The lowest BCUT2D eigenvalue weighted by atomic mass is 10.0. The number of hydrogen-bond donors (Lipinski definition) is 1. The van der Waals surface area contributed by atoms with E-state index in [-0.39, 0.29) is 12.6 Å².